The van der Waals surface area contributed by atoms with Gasteiger partial charge in [0.05, 0.1) is 0 Å². The van der Waals surface area contributed by atoms with E-state index in [1.807, 2.05) is 7.05 Å². The van der Waals surface area contributed by atoms with E-state index in [1.54, 1.807) is 0 Å². The molecule has 122 valence electrons. The maximum absolute atomic E-state index is 4.38. The van der Waals surface area contributed by atoms with Gasteiger partial charge in [-0.15, -0.1) is 24.0 Å². The highest BCUT2D eigenvalue weighted by Crippen LogP contribution is 2.29. The fourth-order valence-electron chi connectivity index (χ4n) is 3.50. The fraction of sp³-hybridized carbons (Fsp3) is 0.933. The summed E-state index contributed by atoms with van der Waals surface area (Å²) >= 11 is 0. The molecule has 2 N–H and O–H groups in total. The van der Waals surface area contributed by atoms with Gasteiger partial charge in [0.1, 0.15) is 0 Å². The Balaban J connectivity index is 0.00000161. The molecular formula is C15H30IN5. The van der Waals surface area contributed by atoms with Crippen molar-refractivity contribution in [2.24, 2.45) is 10.9 Å². The third-order valence-corrected chi connectivity index (χ3v) is 4.89. The molecule has 3 aliphatic rings. The van der Waals surface area contributed by atoms with Gasteiger partial charge < -0.3 is 15.5 Å². The van der Waals surface area contributed by atoms with E-state index in [-0.39, 0.29) is 24.0 Å². The average Bonchev–Trinajstić information content (AvgIpc) is 3.06. The van der Waals surface area contributed by atoms with E-state index in [0.29, 0.717) is 6.04 Å². The molecule has 0 bridgehead atoms. The summed E-state index contributed by atoms with van der Waals surface area (Å²) in [5.74, 6) is 1.76. The summed E-state index contributed by atoms with van der Waals surface area (Å²) in [6, 6.07) is 1.47. The molecule has 2 heterocycles. The third-order valence-electron chi connectivity index (χ3n) is 4.89. The largest absolute Gasteiger partial charge is 0.356 e. The third kappa shape index (κ3) is 4.96. The first-order valence-electron chi connectivity index (χ1n) is 8.14. The topological polar surface area (TPSA) is 42.9 Å². The van der Waals surface area contributed by atoms with Gasteiger partial charge in [-0.2, -0.15) is 0 Å². The Bertz CT molecular complexity index is 358. The van der Waals surface area contributed by atoms with Crippen molar-refractivity contribution in [3.05, 3.63) is 0 Å². The van der Waals surface area contributed by atoms with Crippen molar-refractivity contribution in [2.75, 3.05) is 46.8 Å². The van der Waals surface area contributed by atoms with E-state index in [9.17, 15) is 0 Å². The van der Waals surface area contributed by atoms with Crippen molar-refractivity contribution in [1.82, 2.24) is 20.4 Å². The number of hydrogen-bond donors (Lipinski definition) is 2. The van der Waals surface area contributed by atoms with Crippen LogP contribution in [0.2, 0.25) is 0 Å². The first kappa shape index (κ1) is 17.3. The van der Waals surface area contributed by atoms with Crippen molar-refractivity contribution < 1.29 is 0 Å². The highest BCUT2D eigenvalue weighted by molar-refractivity contribution is 14.0. The number of hydrogen-bond acceptors (Lipinski definition) is 3. The van der Waals surface area contributed by atoms with Crippen LogP contribution in [-0.2, 0) is 0 Å². The number of guanidine groups is 1. The van der Waals surface area contributed by atoms with Gasteiger partial charge in [0.15, 0.2) is 5.96 Å². The van der Waals surface area contributed by atoms with Crippen LogP contribution in [0.3, 0.4) is 0 Å². The van der Waals surface area contributed by atoms with Crippen molar-refractivity contribution in [3.8, 4) is 0 Å². The molecule has 2 unspecified atom stereocenters. The van der Waals surface area contributed by atoms with Crippen LogP contribution in [-0.4, -0.2) is 74.7 Å². The van der Waals surface area contributed by atoms with Gasteiger partial charge in [-0.25, -0.2) is 0 Å². The minimum atomic E-state index is 0. The van der Waals surface area contributed by atoms with Gasteiger partial charge in [0.2, 0.25) is 0 Å². The summed E-state index contributed by atoms with van der Waals surface area (Å²) in [4.78, 5) is 9.42. The SMILES string of the molecule is CN=C(NCC1CCN(C)C1)NC1CCN(C2CC2)C1.I. The minimum Gasteiger partial charge on any atom is -0.356 e. The predicted molar refractivity (Wildman–Crippen MR) is 98.5 cm³/mol. The van der Waals surface area contributed by atoms with E-state index in [4.69, 9.17) is 0 Å². The van der Waals surface area contributed by atoms with Crippen LogP contribution in [0.5, 0.6) is 0 Å². The van der Waals surface area contributed by atoms with Crippen LogP contribution < -0.4 is 10.6 Å². The second kappa shape index (κ2) is 7.97. The normalized spacial score (nSPS) is 31.2. The van der Waals surface area contributed by atoms with Crippen molar-refractivity contribution in [3.63, 3.8) is 0 Å². The van der Waals surface area contributed by atoms with Crippen LogP contribution in [0, 0.1) is 5.92 Å². The van der Waals surface area contributed by atoms with E-state index in [0.717, 1.165) is 24.5 Å². The van der Waals surface area contributed by atoms with Crippen molar-refractivity contribution in [2.45, 2.75) is 37.8 Å². The maximum Gasteiger partial charge on any atom is 0.191 e. The van der Waals surface area contributed by atoms with Gasteiger partial charge >= 0.3 is 0 Å². The summed E-state index contributed by atoms with van der Waals surface area (Å²) in [7, 11) is 4.09. The van der Waals surface area contributed by atoms with Crippen molar-refractivity contribution in [1.29, 1.82) is 0 Å². The first-order chi connectivity index (χ1) is 9.74. The molecule has 5 nitrogen and oxygen atoms in total. The molecule has 2 aliphatic heterocycles. The van der Waals surface area contributed by atoms with Crippen LogP contribution in [0.25, 0.3) is 0 Å². The maximum atomic E-state index is 4.38. The van der Waals surface area contributed by atoms with Gasteiger partial charge in [0, 0.05) is 45.3 Å². The lowest BCUT2D eigenvalue weighted by Gasteiger charge is -2.20. The van der Waals surface area contributed by atoms with Gasteiger partial charge in [0.25, 0.3) is 0 Å². The molecule has 3 fully saturated rings. The molecule has 0 aromatic carbocycles. The molecule has 3 rings (SSSR count). The lowest BCUT2D eigenvalue weighted by molar-refractivity contribution is 0.321. The van der Waals surface area contributed by atoms with Gasteiger partial charge in [-0.1, -0.05) is 0 Å². The van der Waals surface area contributed by atoms with E-state index in [1.165, 1.54) is 51.9 Å². The Morgan fingerprint density at radius 2 is 1.95 bits per heavy atom. The lowest BCUT2D eigenvalue weighted by atomic mass is 10.1. The predicted octanol–water partition coefficient (Wildman–Crippen LogP) is 0.958. The Hall–Kier alpha value is -0.0800. The second-order valence-electron chi connectivity index (χ2n) is 6.73. The number of likely N-dealkylation sites (tertiary alicyclic amines) is 2. The molecule has 0 spiro atoms. The van der Waals surface area contributed by atoms with Gasteiger partial charge in [-0.3, -0.25) is 9.89 Å². The zero-order valence-corrected chi connectivity index (χ0v) is 15.7. The lowest BCUT2D eigenvalue weighted by Crippen LogP contribution is -2.46. The number of nitrogens with one attached hydrogen (secondary N) is 2. The number of rotatable bonds is 4. The molecule has 0 amide bonds. The Morgan fingerprint density at radius 1 is 1.14 bits per heavy atom. The molecule has 1 aliphatic carbocycles. The zero-order chi connectivity index (χ0) is 13.9. The highest BCUT2D eigenvalue weighted by atomic mass is 127. The standard InChI is InChI=1S/C15H29N5.HI/c1-16-15(17-9-12-5-7-19(2)10-12)18-13-6-8-20(11-13)14-3-4-14;/h12-14H,3-11H2,1-2H3,(H2,16,17,18);1H. The molecule has 0 aromatic heterocycles. The molecule has 0 radical (unpaired) electrons. The summed E-state index contributed by atoms with van der Waals surface area (Å²) in [5, 5.41) is 7.11. The Labute approximate surface area is 145 Å². The summed E-state index contributed by atoms with van der Waals surface area (Å²) in [6.07, 6.45) is 5.38. The summed E-state index contributed by atoms with van der Waals surface area (Å²) in [5.41, 5.74) is 0. The van der Waals surface area contributed by atoms with Crippen LogP contribution in [0.15, 0.2) is 4.99 Å². The van der Waals surface area contributed by atoms with Crippen molar-refractivity contribution >= 4 is 29.9 Å². The van der Waals surface area contributed by atoms with E-state index >= 15 is 0 Å². The monoisotopic (exact) mass is 407 g/mol. The number of aliphatic imine (C=N–C) groups is 1. The zero-order valence-electron chi connectivity index (χ0n) is 13.3. The molecule has 1 saturated carbocycles. The van der Waals surface area contributed by atoms with E-state index in [2.05, 4.69) is 32.5 Å². The Morgan fingerprint density at radius 3 is 2.57 bits per heavy atom. The fourth-order valence-corrected chi connectivity index (χ4v) is 3.50. The minimum absolute atomic E-state index is 0. The molecule has 21 heavy (non-hydrogen) atoms. The number of nitrogens with zero attached hydrogens (tertiary/aromatic N) is 3. The summed E-state index contributed by atoms with van der Waals surface area (Å²) in [6.45, 7) is 5.94. The molecule has 0 aromatic rings. The first-order valence-corrected chi connectivity index (χ1v) is 8.14. The number of halogens is 1. The summed E-state index contributed by atoms with van der Waals surface area (Å²) < 4.78 is 0. The highest BCUT2D eigenvalue weighted by Gasteiger charge is 2.34. The van der Waals surface area contributed by atoms with Crippen LogP contribution >= 0.6 is 24.0 Å². The average molecular weight is 407 g/mol. The molecule has 2 atom stereocenters. The molecule has 6 heteroatoms. The smallest absolute Gasteiger partial charge is 0.191 e. The molecule has 2 saturated heterocycles. The van der Waals surface area contributed by atoms with Crippen LogP contribution in [0.4, 0.5) is 0 Å². The second-order valence-corrected chi connectivity index (χ2v) is 6.73. The van der Waals surface area contributed by atoms with Gasteiger partial charge in [-0.05, 0) is 45.2 Å². The quantitative estimate of drug-likeness (QED) is 0.414. The molecular weight excluding hydrogens is 377 g/mol. The van der Waals surface area contributed by atoms with Crippen LogP contribution in [0.1, 0.15) is 25.7 Å². The van der Waals surface area contributed by atoms with E-state index < -0.39 is 0 Å². The Kier molecular flexibility index (Phi) is 6.55.